The number of hydrogen-bond acceptors (Lipinski definition) is 4. The molecular formula is C9H18N2O3. The van der Waals surface area contributed by atoms with Crippen LogP contribution in [0.2, 0.25) is 0 Å². The number of carbonyl (C=O) groups is 1. The zero-order valence-corrected chi connectivity index (χ0v) is 8.77. The van der Waals surface area contributed by atoms with Crippen LogP contribution in [0.25, 0.3) is 0 Å². The van der Waals surface area contributed by atoms with Gasteiger partial charge in [0.05, 0.1) is 13.2 Å². The lowest BCUT2D eigenvalue weighted by Crippen LogP contribution is -2.46. The molecule has 5 nitrogen and oxygen atoms in total. The van der Waals surface area contributed by atoms with Crippen LogP contribution in [0.15, 0.2) is 0 Å². The highest BCUT2D eigenvalue weighted by atomic mass is 16.6. The van der Waals surface area contributed by atoms with E-state index in [4.69, 9.17) is 9.84 Å². The highest BCUT2D eigenvalue weighted by Crippen LogP contribution is 2.10. The maximum atomic E-state index is 11.3. The van der Waals surface area contributed by atoms with E-state index in [0.29, 0.717) is 19.7 Å². The zero-order valence-electron chi connectivity index (χ0n) is 8.77. The molecule has 0 aromatic carbocycles. The van der Waals surface area contributed by atoms with Crippen LogP contribution < -0.4 is 0 Å². The molecule has 1 aliphatic rings. The number of aliphatic hydroxyl groups is 1. The fourth-order valence-corrected chi connectivity index (χ4v) is 1.33. The number of rotatable bonds is 4. The number of carbonyl (C=O) groups excluding carboxylic acids is 1. The number of aliphatic hydroxyl groups excluding tert-OH is 1. The predicted molar refractivity (Wildman–Crippen MR) is 52.1 cm³/mol. The van der Waals surface area contributed by atoms with Gasteiger partial charge in [-0.2, -0.15) is 0 Å². The maximum Gasteiger partial charge on any atom is 0.409 e. The molecule has 1 rings (SSSR count). The molecule has 0 aromatic rings. The van der Waals surface area contributed by atoms with Crippen LogP contribution in [0.5, 0.6) is 0 Å². The average Bonchev–Trinajstić information content (AvgIpc) is 2.16. The summed E-state index contributed by atoms with van der Waals surface area (Å²) in [5, 5.41) is 8.94. The molecule has 0 spiro atoms. The third-order valence-electron chi connectivity index (χ3n) is 2.25. The Morgan fingerprint density at radius 2 is 2.36 bits per heavy atom. The van der Waals surface area contributed by atoms with Crippen molar-refractivity contribution in [3.05, 3.63) is 0 Å². The normalized spacial score (nSPS) is 22.7. The van der Waals surface area contributed by atoms with E-state index in [0.717, 1.165) is 6.54 Å². The number of ether oxygens (including phenoxy) is 1. The first-order chi connectivity index (χ1) is 6.63. The number of amides is 1. The van der Waals surface area contributed by atoms with Crippen LogP contribution >= 0.6 is 0 Å². The van der Waals surface area contributed by atoms with Crippen molar-refractivity contribution in [2.75, 3.05) is 46.9 Å². The number of cyclic esters (lactones) is 1. The lowest BCUT2D eigenvalue weighted by atomic mass is 10.1. The molecule has 5 heteroatoms. The fraction of sp³-hybridized carbons (Fsp3) is 0.889. The monoisotopic (exact) mass is 202 g/mol. The van der Waals surface area contributed by atoms with Crippen LogP contribution in [0, 0.1) is 5.92 Å². The Morgan fingerprint density at radius 1 is 1.64 bits per heavy atom. The SMILES string of the molecule is CN(C)CCN1CC(CO)COC1=O. The Kier molecular flexibility index (Phi) is 4.16. The van der Waals surface area contributed by atoms with Gasteiger partial charge in [-0.05, 0) is 14.1 Å². The largest absolute Gasteiger partial charge is 0.449 e. The van der Waals surface area contributed by atoms with Crippen LogP contribution in [0.3, 0.4) is 0 Å². The van der Waals surface area contributed by atoms with Gasteiger partial charge in [-0.25, -0.2) is 4.79 Å². The molecule has 1 unspecified atom stereocenters. The van der Waals surface area contributed by atoms with Gasteiger partial charge in [-0.3, -0.25) is 0 Å². The summed E-state index contributed by atoms with van der Waals surface area (Å²) in [4.78, 5) is 14.9. The summed E-state index contributed by atoms with van der Waals surface area (Å²) in [7, 11) is 3.91. The second kappa shape index (κ2) is 5.17. The van der Waals surface area contributed by atoms with E-state index in [1.54, 1.807) is 4.90 Å². The summed E-state index contributed by atoms with van der Waals surface area (Å²) >= 11 is 0. The second-order valence-corrected chi connectivity index (χ2v) is 3.87. The molecule has 1 fully saturated rings. The van der Waals surface area contributed by atoms with E-state index in [2.05, 4.69) is 0 Å². The molecule has 1 atom stereocenters. The molecule has 1 aliphatic heterocycles. The summed E-state index contributed by atoms with van der Waals surface area (Å²) in [5.74, 6) is 0.0647. The first kappa shape index (κ1) is 11.3. The van der Waals surface area contributed by atoms with Crippen LogP contribution in [0.4, 0.5) is 4.79 Å². The summed E-state index contributed by atoms with van der Waals surface area (Å²) in [6, 6.07) is 0. The number of nitrogens with zero attached hydrogens (tertiary/aromatic N) is 2. The molecular weight excluding hydrogens is 184 g/mol. The molecule has 14 heavy (non-hydrogen) atoms. The lowest BCUT2D eigenvalue weighted by molar-refractivity contribution is 0.0232. The molecule has 1 saturated heterocycles. The molecule has 1 N–H and O–H groups in total. The predicted octanol–water partition coefficient (Wildman–Crippen LogP) is -0.391. The topological polar surface area (TPSA) is 53.0 Å². The van der Waals surface area contributed by atoms with Gasteiger partial charge in [0.1, 0.15) is 0 Å². The van der Waals surface area contributed by atoms with E-state index in [1.165, 1.54) is 0 Å². The molecule has 0 bridgehead atoms. The third kappa shape index (κ3) is 3.16. The third-order valence-corrected chi connectivity index (χ3v) is 2.25. The summed E-state index contributed by atoms with van der Waals surface area (Å²) < 4.78 is 4.93. The summed E-state index contributed by atoms with van der Waals surface area (Å²) in [6.07, 6.45) is -0.267. The Balaban J connectivity index is 2.36. The van der Waals surface area contributed by atoms with Gasteiger partial charge in [0, 0.05) is 25.6 Å². The van der Waals surface area contributed by atoms with Gasteiger partial charge in [0.15, 0.2) is 0 Å². The van der Waals surface area contributed by atoms with Crippen molar-refractivity contribution in [3.63, 3.8) is 0 Å². The van der Waals surface area contributed by atoms with E-state index in [1.807, 2.05) is 19.0 Å². The lowest BCUT2D eigenvalue weighted by Gasteiger charge is -2.31. The van der Waals surface area contributed by atoms with Crippen molar-refractivity contribution >= 4 is 6.09 Å². The molecule has 0 aromatic heterocycles. The standard InChI is InChI=1S/C9H18N2O3/c1-10(2)3-4-11-5-8(6-12)7-14-9(11)13/h8,12H,3-7H2,1-2H3. The van der Waals surface area contributed by atoms with Crippen LogP contribution in [0.1, 0.15) is 0 Å². The minimum absolute atomic E-state index is 0.0647. The fourth-order valence-electron chi connectivity index (χ4n) is 1.33. The van der Waals surface area contributed by atoms with Gasteiger partial charge in [-0.1, -0.05) is 0 Å². The smallest absolute Gasteiger partial charge is 0.409 e. The minimum Gasteiger partial charge on any atom is -0.449 e. The highest BCUT2D eigenvalue weighted by molar-refractivity contribution is 5.68. The Labute approximate surface area is 84.2 Å². The Morgan fingerprint density at radius 3 is 2.93 bits per heavy atom. The Bertz CT molecular complexity index is 196. The van der Waals surface area contributed by atoms with Crippen LogP contribution in [-0.4, -0.2) is 67.9 Å². The average molecular weight is 202 g/mol. The van der Waals surface area contributed by atoms with Crippen molar-refractivity contribution < 1.29 is 14.6 Å². The highest BCUT2D eigenvalue weighted by Gasteiger charge is 2.26. The Hall–Kier alpha value is -0.810. The van der Waals surface area contributed by atoms with Crippen molar-refractivity contribution in [3.8, 4) is 0 Å². The molecule has 0 saturated carbocycles. The van der Waals surface area contributed by atoms with Crippen LogP contribution in [-0.2, 0) is 4.74 Å². The first-order valence-electron chi connectivity index (χ1n) is 4.80. The zero-order chi connectivity index (χ0) is 10.6. The summed E-state index contributed by atoms with van der Waals surface area (Å²) in [5.41, 5.74) is 0. The quantitative estimate of drug-likeness (QED) is 0.674. The first-order valence-corrected chi connectivity index (χ1v) is 4.80. The molecule has 82 valence electrons. The van der Waals surface area contributed by atoms with E-state index >= 15 is 0 Å². The molecule has 0 radical (unpaired) electrons. The van der Waals surface area contributed by atoms with Gasteiger partial charge in [0.25, 0.3) is 0 Å². The maximum absolute atomic E-state index is 11.3. The summed E-state index contributed by atoms with van der Waals surface area (Å²) in [6.45, 7) is 2.48. The van der Waals surface area contributed by atoms with Gasteiger partial charge in [0.2, 0.25) is 0 Å². The van der Waals surface area contributed by atoms with Gasteiger partial charge < -0.3 is 19.6 Å². The van der Waals surface area contributed by atoms with Crippen molar-refractivity contribution in [2.45, 2.75) is 0 Å². The van der Waals surface area contributed by atoms with Crippen molar-refractivity contribution in [1.29, 1.82) is 0 Å². The minimum atomic E-state index is -0.267. The molecule has 1 amide bonds. The van der Waals surface area contributed by atoms with Crippen molar-refractivity contribution in [1.82, 2.24) is 9.80 Å². The van der Waals surface area contributed by atoms with E-state index in [-0.39, 0.29) is 18.6 Å². The van der Waals surface area contributed by atoms with Crippen molar-refractivity contribution in [2.24, 2.45) is 5.92 Å². The van der Waals surface area contributed by atoms with E-state index in [9.17, 15) is 4.79 Å². The molecule has 1 heterocycles. The second-order valence-electron chi connectivity index (χ2n) is 3.87. The van der Waals surface area contributed by atoms with Gasteiger partial charge >= 0.3 is 6.09 Å². The van der Waals surface area contributed by atoms with E-state index < -0.39 is 0 Å². The molecule has 0 aliphatic carbocycles. The number of likely N-dealkylation sites (N-methyl/N-ethyl adjacent to an activating group) is 1. The number of hydrogen-bond donors (Lipinski definition) is 1. The van der Waals surface area contributed by atoms with Gasteiger partial charge in [-0.15, -0.1) is 0 Å².